The first-order chi connectivity index (χ1) is 14.5. The molecule has 6 nitrogen and oxygen atoms in total. The minimum Gasteiger partial charge on any atom is -0.356 e. The van der Waals surface area contributed by atoms with Crippen LogP contribution in [0.25, 0.3) is 0 Å². The van der Waals surface area contributed by atoms with E-state index < -0.39 is 0 Å². The van der Waals surface area contributed by atoms with E-state index in [4.69, 9.17) is 16.6 Å². The first-order valence-corrected chi connectivity index (χ1v) is 11.2. The smallest absolute Gasteiger partial charge is 0.192 e. The van der Waals surface area contributed by atoms with Crippen molar-refractivity contribution in [3.05, 3.63) is 76.8 Å². The third-order valence-corrected chi connectivity index (χ3v) is 5.96. The zero-order valence-corrected chi connectivity index (χ0v) is 19.0. The van der Waals surface area contributed by atoms with Crippen molar-refractivity contribution < 1.29 is 0 Å². The molecule has 0 spiro atoms. The van der Waals surface area contributed by atoms with Crippen LogP contribution < -0.4 is 10.6 Å². The van der Waals surface area contributed by atoms with Gasteiger partial charge in [0.1, 0.15) is 12.4 Å². The lowest BCUT2D eigenvalue weighted by atomic mass is 10.1. The fraction of sp³-hybridized carbons (Fsp3) is 0.318. The van der Waals surface area contributed by atoms with Gasteiger partial charge < -0.3 is 15.2 Å². The van der Waals surface area contributed by atoms with Gasteiger partial charge in [-0.1, -0.05) is 41.9 Å². The number of rotatable bonds is 8. The Hall–Kier alpha value is -2.51. The molecular formula is C22H27ClN6S. The second-order valence-corrected chi connectivity index (χ2v) is 8.50. The summed E-state index contributed by atoms with van der Waals surface area (Å²) in [6, 6.07) is 18.4. The number of thioether (sulfide) groups is 1. The maximum Gasteiger partial charge on any atom is 0.192 e. The highest BCUT2D eigenvalue weighted by Crippen LogP contribution is 2.19. The van der Waals surface area contributed by atoms with E-state index in [-0.39, 0.29) is 6.04 Å². The monoisotopic (exact) mass is 442 g/mol. The maximum atomic E-state index is 5.95. The molecule has 0 saturated heterocycles. The van der Waals surface area contributed by atoms with Gasteiger partial charge in [0.05, 0.1) is 6.04 Å². The molecular weight excluding hydrogens is 416 g/mol. The Morgan fingerprint density at radius 3 is 2.53 bits per heavy atom. The van der Waals surface area contributed by atoms with Crippen molar-refractivity contribution in [1.82, 2.24) is 25.4 Å². The number of nitrogens with one attached hydrogen (secondary N) is 2. The molecule has 0 aliphatic rings. The molecule has 1 heterocycles. The van der Waals surface area contributed by atoms with E-state index in [1.165, 1.54) is 10.5 Å². The van der Waals surface area contributed by atoms with Crippen LogP contribution in [0.3, 0.4) is 0 Å². The normalized spacial score (nSPS) is 12.6. The molecule has 0 radical (unpaired) electrons. The maximum absolute atomic E-state index is 5.95. The van der Waals surface area contributed by atoms with Crippen molar-refractivity contribution in [3.63, 3.8) is 0 Å². The third-order valence-electron chi connectivity index (χ3n) is 4.69. The largest absolute Gasteiger partial charge is 0.356 e. The van der Waals surface area contributed by atoms with Crippen LogP contribution in [-0.2, 0) is 13.6 Å². The van der Waals surface area contributed by atoms with Gasteiger partial charge in [-0.2, -0.15) is 0 Å². The molecule has 2 N–H and O–H groups in total. The number of aliphatic imine (C=N–C) groups is 1. The van der Waals surface area contributed by atoms with E-state index in [1.54, 1.807) is 11.8 Å². The van der Waals surface area contributed by atoms with E-state index in [0.29, 0.717) is 6.54 Å². The summed E-state index contributed by atoms with van der Waals surface area (Å²) in [5.74, 6) is 3.37. The Labute approximate surface area is 187 Å². The van der Waals surface area contributed by atoms with E-state index in [2.05, 4.69) is 39.9 Å². The first-order valence-electron chi connectivity index (χ1n) is 9.86. The summed E-state index contributed by atoms with van der Waals surface area (Å²) in [6.45, 7) is 5.29. The SMILES string of the molecule is Cc1nnc(CN=C(NCCSc2ccc(Cl)cc2)NC(C)c2ccccc2)n1C. The minimum absolute atomic E-state index is 0.127. The summed E-state index contributed by atoms with van der Waals surface area (Å²) in [7, 11) is 1.95. The fourth-order valence-corrected chi connectivity index (χ4v) is 3.68. The Balaban J connectivity index is 1.61. The van der Waals surface area contributed by atoms with Gasteiger partial charge in [-0.25, -0.2) is 4.99 Å². The lowest BCUT2D eigenvalue weighted by Gasteiger charge is -2.18. The van der Waals surface area contributed by atoms with E-state index in [9.17, 15) is 0 Å². The molecule has 3 aromatic rings. The zero-order chi connectivity index (χ0) is 21.3. The quantitative estimate of drug-likeness (QED) is 0.235. The summed E-state index contributed by atoms with van der Waals surface area (Å²) < 4.78 is 1.96. The van der Waals surface area contributed by atoms with Gasteiger partial charge in [0.25, 0.3) is 0 Å². The number of aryl methyl sites for hydroxylation is 1. The number of nitrogens with zero attached hydrogens (tertiary/aromatic N) is 4. The predicted molar refractivity (Wildman–Crippen MR) is 125 cm³/mol. The molecule has 0 aliphatic heterocycles. The molecule has 0 saturated carbocycles. The molecule has 158 valence electrons. The number of benzene rings is 2. The Kier molecular flexibility index (Phi) is 8.16. The van der Waals surface area contributed by atoms with Crippen LogP contribution in [0.15, 0.2) is 64.5 Å². The van der Waals surface area contributed by atoms with Crippen LogP contribution in [0.2, 0.25) is 5.02 Å². The molecule has 1 unspecified atom stereocenters. The highest BCUT2D eigenvalue weighted by molar-refractivity contribution is 7.99. The average Bonchev–Trinajstić information content (AvgIpc) is 3.08. The molecule has 3 rings (SSSR count). The molecule has 1 aromatic heterocycles. The number of aromatic nitrogens is 3. The molecule has 2 aromatic carbocycles. The van der Waals surface area contributed by atoms with Crippen LogP contribution in [0.5, 0.6) is 0 Å². The van der Waals surface area contributed by atoms with E-state index in [0.717, 1.165) is 34.9 Å². The summed E-state index contributed by atoms with van der Waals surface area (Å²) in [6.07, 6.45) is 0. The Morgan fingerprint density at radius 2 is 1.87 bits per heavy atom. The zero-order valence-electron chi connectivity index (χ0n) is 17.5. The summed E-state index contributed by atoms with van der Waals surface area (Å²) in [5.41, 5.74) is 1.21. The van der Waals surface area contributed by atoms with Gasteiger partial charge in [-0.05, 0) is 43.7 Å². The molecule has 30 heavy (non-hydrogen) atoms. The highest BCUT2D eigenvalue weighted by atomic mass is 35.5. The van der Waals surface area contributed by atoms with Crippen LogP contribution in [0, 0.1) is 6.92 Å². The lowest BCUT2D eigenvalue weighted by molar-refractivity contribution is 0.682. The van der Waals surface area contributed by atoms with Crippen molar-refractivity contribution in [3.8, 4) is 0 Å². The minimum atomic E-state index is 0.127. The number of guanidine groups is 1. The lowest BCUT2D eigenvalue weighted by Crippen LogP contribution is -2.40. The summed E-state index contributed by atoms with van der Waals surface area (Å²) in [4.78, 5) is 5.93. The van der Waals surface area contributed by atoms with Crippen LogP contribution in [0.1, 0.15) is 30.2 Å². The van der Waals surface area contributed by atoms with Gasteiger partial charge in [0, 0.05) is 29.3 Å². The molecule has 1 atom stereocenters. The third kappa shape index (κ3) is 6.50. The molecule has 0 aliphatic carbocycles. The standard InChI is InChI=1S/C22H27ClN6S/c1-16(18-7-5-4-6-8-18)26-22(25-15-21-28-27-17(2)29(21)3)24-13-14-30-20-11-9-19(23)10-12-20/h4-12,16H,13-15H2,1-3H3,(H2,24,25,26). The molecule has 0 amide bonds. The predicted octanol–water partition coefficient (Wildman–Crippen LogP) is 4.37. The van der Waals surface area contributed by atoms with Gasteiger partial charge in [-0.3, -0.25) is 0 Å². The van der Waals surface area contributed by atoms with Crippen LogP contribution >= 0.6 is 23.4 Å². The highest BCUT2D eigenvalue weighted by Gasteiger charge is 2.09. The average molecular weight is 443 g/mol. The van der Waals surface area contributed by atoms with E-state index in [1.807, 2.05) is 61.0 Å². The first kappa shape index (κ1) is 22.2. The molecule has 0 fully saturated rings. The van der Waals surface area contributed by atoms with Gasteiger partial charge in [-0.15, -0.1) is 22.0 Å². The Bertz CT molecular complexity index is 956. The summed E-state index contributed by atoms with van der Waals surface area (Å²) in [5, 5.41) is 16.0. The van der Waals surface area contributed by atoms with Gasteiger partial charge in [0.15, 0.2) is 11.8 Å². The second-order valence-electron chi connectivity index (χ2n) is 6.89. The van der Waals surface area contributed by atoms with E-state index >= 15 is 0 Å². The molecule has 8 heteroatoms. The van der Waals surface area contributed by atoms with Crippen molar-refractivity contribution in [2.45, 2.75) is 31.3 Å². The number of halogens is 1. The fourth-order valence-electron chi connectivity index (χ4n) is 2.79. The second kappa shape index (κ2) is 11.0. The number of hydrogen-bond acceptors (Lipinski definition) is 4. The summed E-state index contributed by atoms with van der Waals surface area (Å²) >= 11 is 7.73. The van der Waals surface area contributed by atoms with Crippen molar-refractivity contribution >= 4 is 29.3 Å². The number of hydrogen-bond donors (Lipinski definition) is 2. The topological polar surface area (TPSA) is 67.1 Å². The van der Waals surface area contributed by atoms with Crippen LogP contribution in [0.4, 0.5) is 0 Å². The van der Waals surface area contributed by atoms with Gasteiger partial charge >= 0.3 is 0 Å². The van der Waals surface area contributed by atoms with Gasteiger partial charge in [0.2, 0.25) is 0 Å². The van der Waals surface area contributed by atoms with Crippen molar-refractivity contribution in [1.29, 1.82) is 0 Å². The molecule has 0 bridgehead atoms. The Morgan fingerprint density at radius 1 is 1.13 bits per heavy atom. The van der Waals surface area contributed by atoms with Crippen LogP contribution in [-0.4, -0.2) is 33.0 Å². The van der Waals surface area contributed by atoms with Crippen molar-refractivity contribution in [2.75, 3.05) is 12.3 Å². The van der Waals surface area contributed by atoms with Crippen molar-refractivity contribution in [2.24, 2.45) is 12.0 Å².